The van der Waals surface area contributed by atoms with E-state index < -0.39 is 23.9 Å². The number of aryl methyl sites for hydroxylation is 2. The maximum Gasteiger partial charge on any atom is 0.278 e. The highest BCUT2D eigenvalue weighted by atomic mass is 35.5. The Kier molecular flexibility index (Phi) is 18.1. The molecule has 0 saturated carbocycles. The van der Waals surface area contributed by atoms with Crippen LogP contribution >= 0.6 is 0 Å². The summed E-state index contributed by atoms with van der Waals surface area (Å²) in [5, 5.41) is 5.32. The lowest BCUT2D eigenvalue weighted by Gasteiger charge is -2.19. The van der Waals surface area contributed by atoms with Crippen LogP contribution in [0, 0.1) is 0 Å². The molecule has 7 nitrogen and oxygen atoms in total. The van der Waals surface area contributed by atoms with Crippen LogP contribution in [0.15, 0.2) is 84.9 Å². The first-order valence-corrected chi connectivity index (χ1v) is 14.4. The standard InChI is InChI=1S/C33H42N4O3.2ClH/c34-22-10-9-17-29(35)32(39)36-30(23-27-15-5-2-6-16-27)33(40)37-31(38)24-28-20-18-26(19-21-28)14-8-7-13-25-11-3-1-4-12-25;;/h1-6,11-12,15-16,18-21,29-30H,7-10,13-14,17,22-24,34-35H2,(H,36,39)(H,37,38,40);2*1H/t29-,30-;;/m0../s1. The van der Waals surface area contributed by atoms with Crippen molar-refractivity contribution in [3.63, 3.8) is 0 Å². The Bertz CT molecular complexity index is 1190. The fraction of sp³-hybridized carbons (Fsp3) is 0.364. The fourth-order valence-corrected chi connectivity index (χ4v) is 4.63. The maximum absolute atomic E-state index is 13.1. The average Bonchev–Trinajstić information content (AvgIpc) is 2.97. The number of amides is 3. The van der Waals surface area contributed by atoms with Gasteiger partial charge in [-0.25, -0.2) is 0 Å². The molecule has 0 saturated heterocycles. The Hall–Kier alpha value is -3.23. The number of carbonyl (C=O) groups is 3. The van der Waals surface area contributed by atoms with Crippen LogP contribution < -0.4 is 46.9 Å². The number of unbranched alkanes of at least 4 members (excludes halogenated alkanes) is 2. The van der Waals surface area contributed by atoms with Gasteiger partial charge in [-0.2, -0.15) is 0 Å². The number of nitrogens with one attached hydrogen (secondary N) is 2. The Morgan fingerprint density at radius 1 is 0.643 bits per heavy atom. The van der Waals surface area contributed by atoms with Crippen LogP contribution in [0.3, 0.4) is 0 Å². The number of quaternary nitrogens is 2. The summed E-state index contributed by atoms with van der Waals surface area (Å²) in [7, 11) is 0. The summed E-state index contributed by atoms with van der Waals surface area (Å²) < 4.78 is 0. The molecule has 228 valence electrons. The van der Waals surface area contributed by atoms with Crippen LogP contribution in [0.1, 0.15) is 54.4 Å². The zero-order valence-corrected chi connectivity index (χ0v) is 25.7. The highest BCUT2D eigenvalue weighted by molar-refractivity contribution is 6.00. The summed E-state index contributed by atoms with van der Waals surface area (Å²) in [5.74, 6) is -1.19. The average molecular weight is 616 g/mol. The monoisotopic (exact) mass is 614 g/mol. The number of carbonyl (C=O) groups excluding carboxylic acids is 3. The topological polar surface area (TPSA) is 131 Å². The molecule has 0 fully saturated rings. The molecule has 3 amide bonds. The Labute approximate surface area is 262 Å². The highest BCUT2D eigenvalue weighted by Crippen LogP contribution is 2.11. The van der Waals surface area contributed by atoms with Gasteiger partial charge in [-0.15, -0.1) is 0 Å². The van der Waals surface area contributed by atoms with Crippen molar-refractivity contribution in [3.05, 3.63) is 107 Å². The summed E-state index contributed by atoms with van der Waals surface area (Å²) in [4.78, 5) is 38.6. The van der Waals surface area contributed by atoms with Gasteiger partial charge in [0.15, 0.2) is 6.04 Å². The Balaban J connectivity index is 0.00000441. The second kappa shape index (κ2) is 20.6. The van der Waals surface area contributed by atoms with Crippen LogP contribution in [0.5, 0.6) is 0 Å². The number of benzene rings is 3. The number of rotatable bonds is 16. The lowest BCUT2D eigenvalue weighted by molar-refractivity contribution is -0.406. The molecule has 0 bridgehead atoms. The van der Waals surface area contributed by atoms with Crippen molar-refractivity contribution in [2.75, 3.05) is 6.54 Å². The van der Waals surface area contributed by atoms with E-state index in [1.807, 2.05) is 60.7 Å². The summed E-state index contributed by atoms with van der Waals surface area (Å²) in [5.41, 5.74) is 12.1. The molecular weight excluding hydrogens is 571 g/mol. The van der Waals surface area contributed by atoms with E-state index in [9.17, 15) is 14.4 Å². The van der Waals surface area contributed by atoms with Crippen molar-refractivity contribution in [2.45, 2.75) is 69.9 Å². The van der Waals surface area contributed by atoms with Gasteiger partial charge >= 0.3 is 0 Å². The van der Waals surface area contributed by atoms with E-state index >= 15 is 0 Å². The quantitative estimate of drug-likeness (QED) is 0.123. The van der Waals surface area contributed by atoms with Gasteiger partial charge in [-0.05, 0) is 60.8 Å². The largest absolute Gasteiger partial charge is 1.00 e. The van der Waals surface area contributed by atoms with Gasteiger partial charge in [0.05, 0.1) is 13.0 Å². The third-order valence-electron chi connectivity index (χ3n) is 7.01. The summed E-state index contributed by atoms with van der Waals surface area (Å²) in [6.45, 7) is 0.812. The molecule has 3 aromatic rings. The molecule has 9 heteroatoms. The van der Waals surface area contributed by atoms with Gasteiger partial charge in [0.2, 0.25) is 11.8 Å². The maximum atomic E-state index is 13.1. The Morgan fingerprint density at radius 2 is 1.17 bits per heavy atom. The van der Waals surface area contributed by atoms with Crippen molar-refractivity contribution in [1.29, 1.82) is 0 Å². The predicted molar refractivity (Wildman–Crippen MR) is 157 cm³/mol. The van der Waals surface area contributed by atoms with E-state index in [-0.39, 0.29) is 43.6 Å². The fourth-order valence-electron chi connectivity index (χ4n) is 4.63. The summed E-state index contributed by atoms with van der Waals surface area (Å²) in [6, 6.07) is 26.6. The van der Waals surface area contributed by atoms with E-state index in [0.717, 1.165) is 56.2 Å². The van der Waals surface area contributed by atoms with Gasteiger partial charge in [0, 0.05) is 12.8 Å². The predicted octanol–water partition coefficient (Wildman–Crippen LogP) is -3.80. The molecular formula is C33H44Cl2N4O3. The molecule has 0 aliphatic rings. The molecule has 0 unspecified atom stereocenters. The first-order valence-electron chi connectivity index (χ1n) is 14.4. The first kappa shape index (κ1) is 36.8. The van der Waals surface area contributed by atoms with E-state index in [2.05, 4.69) is 46.4 Å². The SMILES string of the molecule is [Cl-].[Cl-].[NH3+]CCCC[C@H]([NH3+])C(=O)N[C@@H](Cc1ccccc1)C(=O)NC(=O)Cc1ccc(CCCCc2ccccc2)cc1. The van der Waals surface area contributed by atoms with Gasteiger partial charge < -0.3 is 41.6 Å². The van der Waals surface area contributed by atoms with E-state index in [0.29, 0.717) is 6.42 Å². The Morgan fingerprint density at radius 3 is 1.74 bits per heavy atom. The third-order valence-corrected chi connectivity index (χ3v) is 7.01. The summed E-state index contributed by atoms with van der Waals surface area (Å²) in [6.07, 6.45) is 7.08. The smallest absolute Gasteiger partial charge is 0.278 e. The van der Waals surface area contributed by atoms with Gasteiger partial charge in [-0.3, -0.25) is 19.7 Å². The number of hydrogen-bond acceptors (Lipinski definition) is 3. The van der Waals surface area contributed by atoms with E-state index in [1.165, 1.54) is 11.1 Å². The minimum Gasteiger partial charge on any atom is -1.00 e. The van der Waals surface area contributed by atoms with Gasteiger partial charge in [0.1, 0.15) is 6.04 Å². The molecule has 0 aliphatic carbocycles. The molecule has 0 heterocycles. The van der Waals surface area contributed by atoms with Crippen molar-refractivity contribution in [1.82, 2.24) is 10.6 Å². The van der Waals surface area contributed by atoms with Crippen LogP contribution in [0.4, 0.5) is 0 Å². The molecule has 42 heavy (non-hydrogen) atoms. The third kappa shape index (κ3) is 13.6. The molecule has 3 aromatic carbocycles. The zero-order chi connectivity index (χ0) is 28.6. The molecule has 0 aromatic heterocycles. The van der Waals surface area contributed by atoms with Crippen LogP contribution in [0.25, 0.3) is 0 Å². The number of halogens is 2. The zero-order valence-electron chi connectivity index (χ0n) is 24.2. The lowest BCUT2D eigenvalue weighted by atomic mass is 10.0. The second-order valence-electron chi connectivity index (χ2n) is 10.4. The van der Waals surface area contributed by atoms with Crippen LogP contribution in [-0.4, -0.2) is 36.3 Å². The molecule has 2 atom stereocenters. The van der Waals surface area contributed by atoms with E-state index in [4.69, 9.17) is 0 Å². The van der Waals surface area contributed by atoms with Crippen LogP contribution in [-0.2, 0) is 40.1 Å². The first-order chi connectivity index (χ1) is 19.4. The lowest BCUT2D eigenvalue weighted by Crippen LogP contribution is -3.00. The molecule has 0 spiro atoms. The van der Waals surface area contributed by atoms with E-state index in [1.54, 1.807) is 0 Å². The molecule has 8 N–H and O–H groups in total. The van der Waals surface area contributed by atoms with Crippen molar-refractivity contribution < 1.29 is 50.7 Å². The van der Waals surface area contributed by atoms with Crippen LogP contribution in [0.2, 0.25) is 0 Å². The molecule has 0 aliphatic heterocycles. The summed E-state index contributed by atoms with van der Waals surface area (Å²) >= 11 is 0. The normalized spacial score (nSPS) is 11.8. The van der Waals surface area contributed by atoms with Gasteiger partial charge in [-0.1, -0.05) is 84.9 Å². The number of imide groups is 1. The van der Waals surface area contributed by atoms with Crippen molar-refractivity contribution in [2.24, 2.45) is 0 Å². The minimum absolute atomic E-state index is 0. The second-order valence-corrected chi connectivity index (χ2v) is 10.4. The minimum atomic E-state index is -0.866. The number of hydrogen-bond donors (Lipinski definition) is 4. The van der Waals surface area contributed by atoms with Gasteiger partial charge in [0.25, 0.3) is 5.91 Å². The van der Waals surface area contributed by atoms with Crippen molar-refractivity contribution in [3.8, 4) is 0 Å². The molecule has 3 rings (SSSR count). The molecule has 0 radical (unpaired) electrons. The van der Waals surface area contributed by atoms with Crippen molar-refractivity contribution >= 4 is 17.7 Å². The highest BCUT2D eigenvalue weighted by Gasteiger charge is 2.26.